The summed E-state index contributed by atoms with van der Waals surface area (Å²) in [5.41, 5.74) is 2.38. The van der Waals surface area contributed by atoms with Crippen LogP contribution in [0.4, 0.5) is 0 Å². The molecule has 1 unspecified atom stereocenters. The molecular formula is C24H24N4O2S. The molecule has 7 heteroatoms. The highest BCUT2D eigenvalue weighted by atomic mass is 32.2. The largest absolute Gasteiger partial charge is 0.337 e. The van der Waals surface area contributed by atoms with Crippen molar-refractivity contribution in [2.24, 2.45) is 5.92 Å². The van der Waals surface area contributed by atoms with Crippen molar-refractivity contribution in [3.8, 4) is 11.8 Å². The van der Waals surface area contributed by atoms with E-state index in [9.17, 15) is 14.9 Å². The third-order valence-electron chi connectivity index (χ3n) is 5.57. The van der Waals surface area contributed by atoms with E-state index in [0.717, 1.165) is 29.7 Å². The normalized spacial score (nSPS) is 15.3. The number of para-hydroxylation sites is 1. The van der Waals surface area contributed by atoms with E-state index in [1.54, 1.807) is 23.6 Å². The number of benzene rings is 2. The van der Waals surface area contributed by atoms with E-state index in [4.69, 9.17) is 0 Å². The van der Waals surface area contributed by atoms with Crippen molar-refractivity contribution in [3.63, 3.8) is 0 Å². The number of hydrogen-bond acceptors (Lipinski definition) is 5. The second kappa shape index (κ2) is 8.20. The molecular weight excluding hydrogens is 408 g/mol. The van der Waals surface area contributed by atoms with E-state index < -0.39 is 5.54 Å². The van der Waals surface area contributed by atoms with E-state index in [0.29, 0.717) is 16.1 Å². The van der Waals surface area contributed by atoms with E-state index in [1.807, 2.05) is 44.2 Å². The van der Waals surface area contributed by atoms with Crippen LogP contribution in [0.15, 0.2) is 52.4 Å². The lowest BCUT2D eigenvalue weighted by Gasteiger charge is -2.22. The number of amides is 1. The molecule has 0 spiro atoms. The fourth-order valence-electron chi connectivity index (χ4n) is 3.85. The zero-order valence-corrected chi connectivity index (χ0v) is 18.6. The zero-order valence-electron chi connectivity index (χ0n) is 17.8. The highest BCUT2D eigenvalue weighted by molar-refractivity contribution is 7.99. The van der Waals surface area contributed by atoms with Crippen LogP contribution >= 0.6 is 11.8 Å². The molecule has 0 radical (unpaired) electrons. The molecule has 0 bridgehead atoms. The zero-order chi connectivity index (χ0) is 22.2. The van der Waals surface area contributed by atoms with Gasteiger partial charge in [-0.1, -0.05) is 30.0 Å². The molecule has 6 nitrogen and oxygen atoms in total. The predicted molar refractivity (Wildman–Crippen MR) is 122 cm³/mol. The molecule has 1 amide bonds. The van der Waals surface area contributed by atoms with Crippen molar-refractivity contribution in [2.75, 3.05) is 5.75 Å². The minimum absolute atomic E-state index is 0.0690. The molecule has 1 heterocycles. The topological polar surface area (TPSA) is 87.8 Å². The van der Waals surface area contributed by atoms with Crippen LogP contribution in [-0.4, -0.2) is 26.8 Å². The van der Waals surface area contributed by atoms with E-state index >= 15 is 0 Å². The van der Waals surface area contributed by atoms with Gasteiger partial charge in [0.15, 0.2) is 5.16 Å². The number of thioether (sulfide) groups is 1. The van der Waals surface area contributed by atoms with Gasteiger partial charge in [0, 0.05) is 0 Å². The summed E-state index contributed by atoms with van der Waals surface area (Å²) in [5, 5.41) is 13.4. The van der Waals surface area contributed by atoms with Crippen LogP contribution < -0.4 is 10.9 Å². The van der Waals surface area contributed by atoms with Gasteiger partial charge in [-0.05, 0) is 74.9 Å². The fourth-order valence-corrected chi connectivity index (χ4v) is 4.67. The number of nitrogens with one attached hydrogen (secondary N) is 1. The number of rotatable bonds is 6. The minimum atomic E-state index is -0.845. The quantitative estimate of drug-likeness (QED) is 0.471. The second-order valence-electron chi connectivity index (χ2n) is 8.32. The van der Waals surface area contributed by atoms with Crippen LogP contribution in [0.1, 0.15) is 30.9 Å². The van der Waals surface area contributed by atoms with E-state index in [2.05, 4.69) is 16.4 Å². The van der Waals surface area contributed by atoms with Crippen LogP contribution in [0, 0.1) is 31.1 Å². The van der Waals surface area contributed by atoms with E-state index in [-0.39, 0.29) is 23.1 Å². The maximum atomic E-state index is 13.4. The Balaban J connectivity index is 1.70. The summed E-state index contributed by atoms with van der Waals surface area (Å²) < 4.78 is 1.57. The van der Waals surface area contributed by atoms with Crippen LogP contribution in [0.3, 0.4) is 0 Å². The first-order chi connectivity index (χ1) is 14.8. The molecule has 1 aliphatic rings. The molecule has 1 aromatic heterocycles. The molecule has 1 aliphatic carbocycles. The van der Waals surface area contributed by atoms with E-state index in [1.165, 1.54) is 11.8 Å². The predicted octanol–water partition coefficient (Wildman–Crippen LogP) is 3.90. The molecule has 31 heavy (non-hydrogen) atoms. The molecule has 1 fully saturated rings. The first-order valence-electron chi connectivity index (χ1n) is 10.3. The molecule has 1 saturated carbocycles. The number of carbonyl (C=O) groups excluding carboxylic acids is 1. The van der Waals surface area contributed by atoms with Crippen LogP contribution in [0.2, 0.25) is 0 Å². The summed E-state index contributed by atoms with van der Waals surface area (Å²) in [6, 6.07) is 15.4. The van der Waals surface area contributed by atoms with Crippen LogP contribution in [-0.2, 0) is 4.79 Å². The third kappa shape index (κ3) is 4.35. The summed E-state index contributed by atoms with van der Waals surface area (Å²) in [6.07, 6.45) is 1.91. The highest BCUT2D eigenvalue weighted by Gasteiger charge is 2.43. The van der Waals surface area contributed by atoms with Crippen molar-refractivity contribution in [1.29, 1.82) is 5.26 Å². The molecule has 4 rings (SSSR count). The number of aryl methyl sites for hydroxylation is 2. The second-order valence-corrected chi connectivity index (χ2v) is 9.27. The van der Waals surface area contributed by atoms with Gasteiger partial charge in [-0.2, -0.15) is 5.26 Å². The Morgan fingerprint density at radius 3 is 2.58 bits per heavy atom. The molecule has 3 aromatic rings. The minimum Gasteiger partial charge on any atom is -0.337 e. The lowest BCUT2D eigenvalue weighted by molar-refractivity contribution is -0.119. The van der Waals surface area contributed by atoms with Gasteiger partial charge in [-0.3, -0.25) is 14.2 Å². The third-order valence-corrected chi connectivity index (χ3v) is 6.51. The van der Waals surface area contributed by atoms with Gasteiger partial charge in [-0.15, -0.1) is 0 Å². The van der Waals surface area contributed by atoms with Crippen LogP contribution in [0.5, 0.6) is 0 Å². The fraction of sp³-hybridized carbons (Fsp3) is 0.333. The van der Waals surface area contributed by atoms with Crippen molar-refractivity contribution in [2.45, 2.75) is 44.3 Å². The maximum Gasteiger partial charge on any atom is 0.266 e. The molecule has 1 N–H and O–H groups in total. The first-order valence-corrected chi connectivity index (χ1v) is 11.2. The summed E-state index contributed by atoms with van der Waals surface area (Å²) in [7, 11) is 0. The number of nitriles is 1. The Labute approximate surface area is 185 Å². The summed E-state index contributed by atoms with van der Waals surface area (Å²) in [4.78, 5) is 30.7. The Kier molecular flexibility index (Phi) is 5.59. The number of carbonyl (C=O) groups is 1. The lowest BCUT2D eigenvalue weighted by Crippen LogP contribution is -2.47. The van der Waals surface area contributed by atoms with Gasteiger partial charge in [0.1, 0.15) is 5.54 Å². The van der Waals surface area contributed by atoms with Gasteiger partial charge in [0.2, 0.25) is 5.91 Å². The Bertz CT molecular complexity index is 1250. The summed E-state index contributed by atoms with van der Waals surface area (Å²) in [6.45, 7) is 5.74. The molecule has 0 aliphatic heterocycles. The van der Waals surface area contributed by atoms with Crippen molar-refractivity contribution >= 4 is 28.6 Å². The average Bonchev–Trinajstić information content (AvgIpc) is 3.57. The summed E-state index contributed by atoms with van der Waals surface area (Å²) in [5.74, 6) is 0.0357. The lowest BCUT2D eigenvalue weighted by atomic mass is 9.98. The SMILES string of the molecule is Cc1cc(C)cc(-n2c(SCC(=O)NC(C)(C#N)C3CC3)nc3ccccc3c2=O)c1. The smallest absolute Gasteiger partial charge is 0.266 e. The first kappa shape index (κ1) is 21.1. The molecule has 0 saturated heterocycles. The number of nitrogens with zero attached hydrogens (tertiary/aromatic N) is 3. The summed E-state index contributed by atoms with van der Waals surface area (Å²) >= 11 is 1.20. The average molecular weight is 433 g/mol. The Morgan fingerprint density at radius 2 is 1.94 bits per heavy atom. The number of fused-ring (bicyclic) bond motifs is 1. The monoisotopic (exact) mass is 432 g/mol. The van der Waals surface area contributed by atoms with Gasteiger partial charge in [0.25, 0.3) is 5.56 Å². The van der Waals surface area contributed by atoms with Crippen LogP contribution in [0.25, 0.3) is 16.6 Å². The van der Waals surface area contributed by atoms with Crippen molar-refractivity contribution in [1.82, 2.24) is 14.9 Å². The van der Waals surface area contributed by atoms with Gasteiger partial charge in [0.05, 0.1) is 28.4 Å². The highest BCUT2D eigenvalue weighted by Crippen LogP contribution is 2.39. The molecule has 1 atom stereocenters. The van der Waals surface area contributed by atoms with Crippen molar-refractivity contribution < 1.29 is 4.79 Å². The Morgan fingerprint density at radius 1 is 1.26 bits per heavy atom. The molecule has 2 aromatic carbocycles. The number of hydrogen-bond donors (Lipinski definition) is 1. The Hall–Kier alpha value is -3.11. The van der Waals surface area contributed by atoms with Gasteiger partial charge in [-0.25, -0.2) is 4.98 Å². The standard InChI is InChI=1S/C24H24N4O2S/c1-15-10-16(2)12-18(11-15)28-22(30)19-6-4-5-7-20(19)26-23(28)31-13-21(29)27-24(3,14-25)17-8-9-17/h4-7,10-12,17H,8-9,13H2,1-3H3,(H,27,29). The maximum absolute atomic E-state index is 13.4. The van der Waals surface area contributed by atoms with Gasteiger partial charge < -0.3 is 5.32 Å². The molecule has 158 valence electrons. The van der Waals surface area contributed by atoms with Gasteiger partial charge >= 0.3 is 0 Å². The number of aromatic nitrogens is 2. The van der Waals surface area contributed by atoms with Crippen molar-refractivity contribution in [3.05, 3.63) is 63.9 Å².